The molecule has 1 aromatic carbocycles. The number of halogens is 3. The van der Waals surface area contributed by atoms with Gasteiger partial charge in [0.1, 0.15) is 0 Å². The average Bonchev–Trinajstić information content (AvgIpc) is 2.25. The summed E-state index contributed by atoms with van der Waals surface area (Å²) in [7, 11) is 1.45. The first kappa shape index (κ1) is 15.1. The average molecular weight is 275 g/mol. The molecule has 0 radical (unpaired) electrons. The molecule has 1 rings (SSSR count). The maximum Gasteiger partial charge on any atom is 0.391 e. The van der Waals surface area contributed by atoms with Crippen molar-refractivity contribution in [1.29, 1.82) is 0 Å². The molecular weight excluding hydrogens is 259 g/mol. The van der Waals surface area contributed by atoms with E-state index in [0.29, 0.717) is 5.69 Å². The molecule has 0 aromatic heterocycles. The highest BCUT2D eigenvalue weighted by molar-refractivity contribution is 6.00. The number of rotatable bonds is 4. The van der Waals surface area contributed by atoms with Crippen molar-refractivity contribution >= 4 is 17.3 Å². The number of hydrogen-bond acceptors (Lipinski definition) is 3. The zero-order valence-electron chi connectivity index (χ0n) is 10.6. The fourth-order valence-electron chi connectivity index (χ4n) is 1.68. The summed E-state index contributed by atoms with van der Waals surface area (Å²) in [5.74, 6) is -0.387. The Morgan fingerprint density at radius 3 is 2.58 bits per heavy atom. The lowest BCUT2D eigenvalue weighted by Gasteiger charge is -2.19. The van der Waals surface area contributed by atoms with Crippen LogP contribution in [0.2, 0.25) is 0 Å². The summed E-state index contributed by atoms with van der Waals surface area (Å²) in [6, 6.07) is 3.57. The molecule has 7 heteroatoms. The van der Waals surface area contributed by atoms with Crippen molar-refractivity contribution in [3.8, 4) is 0 Å². The second-order valence-corrected chi connectivity index (χ2v) is 4.25. The molecule has 0 bridgehead atoms. The molecule has 1 unspecified atom stereocenters. The van der Waals surface area contributed by atoms with E-state index >= 15 is 0 Å². The maximum atomic E-state index is 12.3. The van der Waals surface area contributed by atoms with Crippen LogP contribution in [-0.4, -0.2) is 25.2 Å². The van der Waals surface area contributed by atoms with Crippen molar-refractivity contribution in [3.05, 3.63) is 23.8 Å². The van der Waals surface area contributed by atoms with Crippen molar-refractivity contribution in [2.24, 2.45) is 0 Å². The third-order valence-corrected chi connectivity index (χ3v) is 2.45. The monoisotopic (exact) mass is 275 g/mol. The second-order valence-electron chi connectivity index (χ2n) is 4.25. The van der Waals surface area contributed by atoms with E-state index < -0.39 is 18.6 Å². The van der Waals surface area contributed by atoms with Gasteiger partial charge in [-0.05, 0) is 25.1 Å². The Hall–Kier alpha value is -1.92. The summed E-state index contributed by atoms with van der Waals surface area (Å²) in [5, 5.41) is 5.08. The van der Waals surface area contributed by atoms with Crippen LogP contribution in [-0.2, 0) is 0 Å². The molecule has 0 aliphatic rings. The van der Waals surface area contributed by atoms with Crippen LogP contribution >= 0.6 is 0 Å². The Morgan fingerprint density at radius 2 is 2.05 bits per heavy atom. The zero-order chi connectivity index (χ0) is 14.6. The predicted molar refractivity (Wildman–Crippen MR) is 68.0 cm³/mol. The van der Waals surface area contributed by atoms with Gasteiger partial charge in [0.15, 0.2) is 0 Å². The van der Waals surface area contributed by atoms with Gasteiger partial charge in [0.25, 0.3) is 5.91 Å². The third kappa shape index (κ3) is 4.69. The van der Waals surface area contributed by atoms with E-state index in [1.165, 1.54) is 32.2 Å². The van der Waals surface area contributed by atoms with E-state index in [1.807, 2.05) is 0 Å². The van der Waals surface area contributed by atoms with Crippen LogP contribution in [0.1, 0.15) is 23.7 Å². The van der Waals surface area contributed by atoms with E-state index in [2.05, 4.69) is 10.6 Å². The Labute approximate surface area is 109 Å². The zero-order valence-corrected chi connectivity index (χ0v) is 10.6. The molecule has 0 fully saturated rings. The molecule has 0 aliphatic carbocycles. The highest BCUT2D eigenvalue weighted by Crippen LogP contribution is 2.25. The van der Waals surface area contributed by atoms with Gasteiger partial charge in [-0.15, -0.1) is 0 Å². The Bertz CT molecular complexity index is 460. The number of nitrogen functional groups attached to an aromatic ring is 1. The van der Waals surface area contributed by atoms with Crippen molar-refractivity contribution < 1.29 is 18.0 Å². The summed E-state index contributed by atoms with van der Waals surface area (Å²) in [4.78, 5) is 11.6. The SMILES string of the molecule is CNC(=O)c1ccc(N)cc1NC(C)CC(F)(F)F. The third-order valence-electron chi connectivity index (χ3n) is 2.45. The number of carbonyl (C=O) groups excluding carboxylic acids is 1. The number of nitrogens with one attached hydrogen (secondary N) is 2. The lowest BCUT2D eigenvalue weighted by molar-refractivity contribution is -0.136. The first-order valence-electron chi connectivity index (χ1n) is 5.68. The van der Waals surface area contributed by atoms with Crippen molar-refractivity contribution in [1.82, 2.24) is 5.32 Å². The van der Waals surface area contributed by atoms with Crippen LogP contribution in [0.25, 0.3) is 0 Å². The number of carbonyl (C=O) groups is 1. The highest BCUT2D eigenvalue weighted by atomic mass is 19.4. The van der Waals surface area contributed by atoms with E-state index in [4.69, 9.17) is 5.73 Å². The summed E-state index contributed by atoms with van der Waals surface area (Å²) in [6.45, 7) is 1.39. The van der Waals surface area contributed by atoms with E-state index in [-0.39, 0.29) is 17.2 Å². The molecule has 0 saturated heterocycles. The molecule has 1 amide bonds. The highest BCUT2D eigenvalue weighted by Gasteiger charge is 2.30. The summed E-state index contributed by atoms with van der Waals surface area (Å²) in [6.07, 6.45) is -5.26. The second kappa shape index (κ2) is 5.81. The number of benzene rings is 1. The van der Waals surface area contributed by atoms with Crippen LogP contribution in [0.3, 0.4) is 0 Å². The normalized spacial score (nSPS) is 12.9. The first-order chi connectivity index (χ1) is 8.73. The quantitative estimate of drug-likeness (QED) is 0.739. The first-order valence-corrected chi connectivity index (χ1v) is 5.68. The van der Waals surface area contributed by atoms with Crippen molar-refractivity contribution in [2.75, 3.05) is 18.1 Å². The summed E-state index contributed by atoms with van der Waals surface area (Å²) < 4.78 is 36.8. The van der Waals surface area contributed by atoms with Crippen LogP contribution < -0.4 is 16.4 Å². The number of alkyl halides is 3. The fourth-order valence-corrected chi connectivity index (χ4v) is 1.68. The molecule has 1 atom stereocenters. The lowest BCUT2D eigenvalue weighted by atomic mass is 10.1. The van der Waals surface area contributed by atoms with Crippen LogP contribution in [0.5, 0.6) is 0 Å². The lowest BCUT2D eigenvalue weighted by Crippen LogP contribution is -2.26. The van der Waals surface area contributed by atoms with Gasteiger partial charge < -0.3 is 16.4 Å². The molecule has 0 saturated carbocycles. The minimum atomic E-state index is -4.26. The summed E-state index contributed by atoms with van der Waals surface area (Å²) in [5.41, 5.74) is 6.49. The van der Waals surface area contributed by atoms with Gasteiger partial charge in [-0.25, -0.2) is 0 Å². The molecule has 1 aromatic rings. The minimum absolute atomic E-state index is 0.255. The van der Waals surface area contributed by atoms with Gasteiger partial charge >= 0.3 is 6.18 Å². The minimum Gasteiger partial charge on any atom is -0.399 e. The molecule has 0 heterocycles. The van der Waals surface area contributed by atoms with Crippen LogP contribution in [0.4, 0.5) is 24.5 Å². The van der Waals surface area contributed by atoms with Gasteiger partial charge in [0.2, 0.25) is 0 Å². The van der Waals surface area contributed by atoms with Crippen molar-refractivity contribution in [2.45, 2.75) is 25.6 Å². The molecule has 4 nitrogen and oxygen atoms in total. The van der Waals surface area contributed by atoms with Crippen LogP contribution in [0.15, 0.2) is 18.2 Å². The Balaban J connectivity index is 2.93. The number of amides is 1. The molecule has 4 N–H and O–H groups in total. The maximum absolute atomic E-state index is 12.3. The summed E-state index contributed by atoms with van der Waals surface area (Å²) >= 11 is 0. The Morgan fingerprint density at radius 1 is 1.42 bits per heavy atom. The van der Waals surface area contributed by atoms with Gasteiger partial charge in [-0.3, -0.25) is 4.79 Å². The van der Waals surface area contributed by atoms with Gasteiger partial charge in [-0.1, -0.05) is 0 Å². The van der Waals surface area contributed by atoms with Crippen LogP contribution in [0, 0.1) is 0 Å². The van der Waals surface area contributed by atoms with Crippen molar-refractivity contribution in [3.63, 3.8) is 0 Å². The molecule has 0 spiro atoms. The number of nitrogens with two attached hydrogens (primary N) is 1. The predicted octanol–water partition coefficient (Wildman–Crippen LogP) is 2.38. The van der Waals surface area contributed by atoms with Gasteiger partial charge in [0, 0.05) is 24.5 Å². The smallest absolute Gasteiger partial charge is 0.391 e. The number of anilines is 2. The van der Waals surface area contributed by atoms with Gasteiger partial charge in [0.05, 0.1) is 12.0 Å². The molecule has 106 valence electrons. The molecule has 0 aliphatic heterocycles. The Kier molecular flexibility index (Phi) is 4.63. The fraction of sp³-hybridized carbons (Fsp3) is 0.417. The van der Waals surface area contributed by atoms with Gasteiger partial charge in [-0.2, -0.15) is 13.2 Å². The molecular formula is C12H16F3N3O. The standard InChI is InChI=1S/C12H16F3N3O/c1-7(6-12(13,14)15)18-10-5-8(16)3-4-9(10)11(19)17-2/h3-5,7,18H,6,16H2,1-2H3,(H,17,19). The van der Waals surface area contributed by atoms with E-state index in [0.717, 1.165) is 0 Å². The topological polar surface area (TPSA) is 67.2 Å². The van der Waals surface area contributed by atoms with E-state index in [9.17, 15) is 18.0 Å². The number of hydrogen-bond donors (Lipinski definition) is 3. The van der Waals surface area contributed by atoms with E-state index in [1.54, 1.807) is 0 Å². The largest absolute Gasteiger partial charge is 0.399 e. The molecule has 19 heavy (non-hydrogen) atoms.